The highest BCUT2D eigenvalue weighted by molar-refractivity contribution is 5.85. The maximum atomic E-state index is 12.4. The van der Waals surface area contributed by atoms with Gasteiger partial charge in [-0.05, 0) is 30.9 Å². The minimum Gasteiger partial charge on any atom is -0.452 e. The monoisotopic (exact) mass is 339 g/mol. The van der Waals surface area contributed by atoms with Gasteiger partial charge in [0.05, 0.1) is 5.92 Å². The molecule has 2 unspecified atom stereocenters. The van der Waals surface area contributed by atoms with Gasteiger partial charge in [0.1, 0.15) is 0 Å². The van der Waals surface area contributed by atoms with E-state index < -0.39 is 6.10 Å². The lowest BCUT2D eigenvalue weighted by Gasteiger charge is -2.18. The number of carbonyl (C=O) groups excluding carboxylic acids is 2. The number of benzene rings is 2. The first-order valence-electron chi connectivity index (χ1n) is 8.69. The molecule has 4 nitrogen and oxygen atoms in total. The molecule has 0 saturated carbocycles. The zero-order chi connectivity index (χ0) is 18.1. The predicted molar refractivity (Wildman–Crippen MR) is 98.2 cm³/mol. The number of rotatable bonds is 8. The molecule has 2 rings (SSSR count). The lowest BCUT2D eigenvalue weighted by molar-refractivity contribution is -0.156. The van der Waals surface area contributed by atoms with E-state index in [2.05, 4.69) is 5.32 Å². The lowest BCUT2D eigenvalue weighted by atomic mass is 9.97. The summed E-state index contributed by atoms with van der Waals surface area (Å²) in [4.78, 5) is 24.5. The molecule has 2 aromatic carbocycles. The quantitative estimate of drug-likeness (QED) is 0.749. The Bertz CT molecular complexity index is 670. The fourth-order valence-electron chi connectivity index (χ4n) is 2.65. The molecule has 0 fully saturated rings. The van der Waals surface area contributed by atoms with E-state index in [-0.39, 0.29) is 17.8 Å². The van der Waals surface area contributed by atoms with Gasteiger partial charge in [0.2, 0.25) is 0 Å². The summed E-state index contributed by atoms with van der Waals surface area (Å²) in [6.07, 6.45) is 0.570. The Labute approximate surface area is 149 Å². The van der Waals surface area contributed by atoms with Gasteiger partial charge in [-0.15, -0.1) is 0 Å². The number of hydrogen-bond acceptors (Lipinski definition) is 3. The van der Waals surface area contributed by atoms with Gasteiger partial charge >= 0.3 is 5.97 Å². The van der Waals surface area contributed by atoms with E-state index in [0.29, 0.717) is 13.0 Å². The van der Waals surface area contributed by atoms with Crippen molar-refractivity contribution in [2.24, 2.45) is 0 Å². The second-order valence-electron chi connectivity index (χ2n) is 5.98. The average molecular weight is 339 g/mol. The Morgan fingerprint density at radius 2 is 1.60 bits per heavy atom. The van der Waals surface area contributed by atoms with E-state index in [0.717, 1.165) is 17.5 Å². The summed E-state index contributed by atoms with van der Waals surface area (Å²) < 4.78 is 5.37. The molecule has 0 spiro atoms. The second kappa shape index (κ2) is 9.62. The van der Waals surface area contributed by atoms with Crippen LogP contribution in [0.5, 0.6) is 0 Å². The van der Waals surface area contributed by atoms with Crippen molar-refractivity contribution in [3.05, 3.63) is 71.8 Å². The SMILES string of the molecule is CCC(C(=O)OC(C)C(=O)NCCc1ccccc1)c1ccccc1. The van der Waals surface area contributed by atoms with Gasteiger partial charge in [0, 0.05) is 6.54 Å². The van der Waals surface area contributed by atoms with Crippen LogP contribution in [0.25, 0.3) is 0 Å². The molecule has 0 aromatic heterocycles. The van der Waals surface area contributed by atoms with Gasteiger partial charge in [-0.1, -0.05) is 67.6 Å². The molecule has 0 heterocycles. The molecule has 0 bridgehead atoms. The first kappa shape index (κ1) is 18.7. The first-order valence-corrected chi connectivity index (χ1v) is 8.69. The Kier molecular flexibility index (Phi) is 7.20. The molecule has 0 radical (unpaired) electrons. The van der Waals surface area contributed by atoms with Crippen molar-refractivity contribution in [3.8, 4) is 0 Å². The summed E-state index contributed by atoms with van der Waals surface area (Å²) in [6.45, 7) is 4.05. The highest BCUT2D eigenvalue weighted by atomic mass is 16.5. The normalized spacial score (nSPS) is 12.9. The number of nitrogens with one attached hydrogen (secondary N) is 1. The van der Waals surface area contributed by atoms with Crippen LogP contribution in [-0.2, 0) is 20.7 Å². The molecule has 0 aliphatic rings. The fourth-order valence-corrected chi connectivity index (χ4v) is 2.65. The number of amides is 1. The van der Waals surface area contributed by atoms with Crippen LogP contribution in [0.2, 0.25) is 0 Å². The Balaban J connectivity index is 1.82. The average Bonchev–Trinajstić information content (AvgIpc) is 2.64. The van der Waals surface area contributed by atoms with Crippen LogP contribution in [0, 0.1) is 0 Å². The largest absolute Gasteiger partial charge is 0.452 e. The molecule has 1 amide bonds. The van der Waals surface area contributed by atoms with E-state index in [9.17, 15) is 9.59 Å². The maximum Gasteiger partial charge on any atom is 0.314 e. The van der Waals surface area contributed by atoms with Gasteiger partial charge in [0.25, 0.3) is 5.91 Å². The minimum atomic E-state index is -0.805. The summed E-state index contributed by atoms with van der Waals surface area (Å²) in [5.74, 6) is -0.979. The summed E-state index contributed by atoms with van der Waals surface area (Å²) in [6, 6.07) is 19.4. The standard InChI is InChI=1S/C21H25NO3/c1-3-19(18-12-8-5-9-13-18)21(24)25-16(2)20(23)22-15-14-17-10-6-4-7-11-17/h4-13,16,19H,3,14-15H2,1-2H3,(H,22,23). The minimum absolute atomic E-state index is 0.271. The third-order valence-electron chi connectivity index (χ3n) is 4.11. The van der Waals surface area contributed by atoms with Crippen LogP contribution in [-0.4, -0.2) is 24.5 Å². The van der Waals surface area contributed by atoms with Crippen molar-refractivity contribution in [1.82, 2.24) is 5.32 Å². The summed E-state index contributed by atoms with van der Waals surface area (Å²) in [5, 5.41) is 2.82. The molecule has 2 aromatic rings. The molecule has 0 saturated heterocycles. The van der Waals surface area contributed by atoms with E-state index in [1.165, 1.54) is 0 Å². The third-order valence-corrected chi connectivity index (χ3v) is 4.11. The van der Waals surface area contributed by atoms with E-state index in [1.54, 1.807) is 6.92 Å². The Hall–Kier alpha value is -2.62. The smallest absolute Gasteiger partial charge is 0.314 e. The van der Waals surface area contributed by atoms with Gasteiger partial charge < -0.3 is 10.1 Å². The number of esters is 1. The van der Waals surface area contributed by atoms with Crippen LogP contribution < -0.4 is 5.32 Å². The summed E-state index contributed by atoms with van der Waals surface area (Å²) in [7, 11) is 0. The van der Waals surface area contributed by atoms with Crippen molar-refractivity contribution >= 4 is 11.9 Å². The predicted octanol–water partition coefficient (Wildman–Crippen LogP) is 3.47. The van der Waals surface area contributed by atoms with Crippen LogP contribution >= 0.6 is 0 Å². The van der Waals surface area contributed by atoms with E-state index in [1.807, 2.05) is 67.6 Å². The maximum absolute atomic E-state index is 12.4. The molecule has 0 aliphatic carbocycles. The van der Waals surface area contributed by atoms with Gasteiger partial charge in [-0.2, -0.15) is 0 Å². The summed E-state index contributed by atoms with van der Waals surface area (Å²) >= 11 is 0. The van der Waals surface area contributed by atoms with E-state index >= 15 is 0 Å². The van der Waals surface area contributed by atoms with Crippen LogP contribution in [0.1, 0.15) is 37.3 Å². The molecule has 2 atom stereocenters. The second-order valence-corrected chi connectivity index (χ2v) is 5.98. The van der Waals surface area contributed by atoms with Crippen LogP contribution in [0.15, 0.2) is 60.7 Å². The highest BCUT2D eigenvalue weighted by Gasteiger charge is 2.24. The molecular formula is C21H25NO3. The zero-order valence-corrected chi connectivity index (χ0v) is 14.8. The Morgan fingerprint density at radius 3 is 2.20 bits per heavy atom. The molecule has 132 valence electrons. The first-order chi connectivity index (χ1) is 12.1. The van der Waals surface area contributed by atoms with E-state index in [4.69, 9.17) is 4.74 Å². The summed E-state index contributed by atoms with van der Waals surface area (Å²) in [5.41, 5.74) is 2.06. The number of hydrogen-bond donors (Lipinski definition) is 1. The molecule has 25 heavy (non-hydrogen) atoms. The van der Waals surface area contributed by atoms with Crippen LogP contribution in [0.4, 0.5) is 0 Å². The third kappa shape index (κ3) is 5.75. The topological polar surface area (TPSA) is 55.4 Å². The van der Waals surface area contributed by atoms with Crippen molar-refractivity contribution in [2.45, 2.75) is 38.7 Å². The molecule has 4 heteroatoms. The lowest BCUT2D eigenvalue weighted by Crippen LogP contribution is -2.37. The van der Waals surface area contributed by atoms with Gasteiger partial charge in [0.15, 0.2) is 6.10 Å². The van der Waals surface area contributed by atoms with Gasteiger partial charge in [-0.25, -0.2) is 0 Å². The fraction of sp³-hybridized carbons (Fsp3) is 0.333. The number of ether oxygens (including phenoxy) is 1. The van der Waals surface area contributed by atoms with Gasteiger partial charge in [-0.3, -0.25) is 9.59 Å². The van der Waals surface area contributed by atoms with Crippen molar-refractivity contribution in [2.75, 3.05) is 6.54 Å². The Morgan fingerprint density at radius 1 is 1.00 bits per heavy atom. The number of carbonyl (C=O) groups is 2. The zero-order valence-electron chi connectivity index (χ0n) is 14.8. The highest BCUT2D eigenvalue weighted by Crippen LogP contribution is 2.21. The van der Waals surface area contributed by atoms with Crippen molar-refractivity contribution < 1.29 is 14.3 Å². The molecule has 1 N–H and O–H groups in total. The van der Waals surface area contributed by atoms with Crippen molar-refractivity contribution in [1.29, 1.82) is 0 Å². The molecular weight excluding hydrogens is 314 g/mol. The van der Waals surface area contributed by atoms with Crippen molar-refractivity contribution in [3.63, 3.8) is 0 Å². The molecule has 0 aliphatic heterocycles. The van der Waals surface area contributed by atoms with Crippen LogP contribution in [0.3, 0.4) is 0 Å².